The van der Waals surface area contributed by atoms with Crippen LogP contribution in [0.2, 0.25) is 23.2 Å². The summed E-state index contributed by atoms with van der Waals surface area (Å²) in [5, 5.41) is 1.79. The van der Waals surface area contributed by atoms with E-state index in [1.165, 1.54) is 0 Å². The molecule has 1 radical (unpaired) electrons. The van der Waals surface area contributed by atoms with Crippen molar-refractivity contribution in [3.05, 3.63) is 28.8 Å². The maximum atomic E-state index is 5.96. The fourth-order valence-electron chi connectivity index (χ4n) is 1.20. The third-order valence-corrected chi connectivity index (χ3v) is 6.80. The monoisotopic (exact) mass is 333 g/mol. The SMILES string of the molecule is C[Si](C)C(C)(C)COc1ccc(Cl)cc1CBr. The first-order valence-electron chi connectivity index (χ1n) is 5.64. The molecule has 1 nitrogen and oxygen atoms in total. The Morgan fingerprint density at radius 3 is 2.53 bits per heavy atom. The van der Waals surface area contributed by atoms with Gasteiger partial charge in [-0.2, -0.15) is 0 Å². The molecule has 0 aromatic heterocycles. The standard InChI is InChI=1S/C13H19BrClOSi/c1-13(2,17(3)4)9-16-12-6-5-11(15)7-10(12)8-14/h5-7H,8-9H2,1-4H3. The summed E-state index contributed by atoms with van der Waals surface area (Å²) in [5.74, 6) is 0.933. The number of hydrogen-bond donors (Lipinski definition) is 0. The second kappa shape index (κ2) is 6.25. The minimum absolute atomic E-state index is 0.272. The van der Waals surface area contributed by atoms with Crippen molar-refractivity contribution in [1.82, 2.24) is 0 Å². The molecule has 0 saturated heterocycles. The molecule has 0 fully saturated rings. The number of rotatable bonds is 5. The van der Waals surface area contributed by atoms with Crippen LogP contribution in [0.4, 0.5) is 0 Å². The number of benzene rings is 1. The first-order valence-corrected chi connectivity index (χ1v) is 9.64. The Morgan fingerprint density at radius 1 is 1.35 bits per heavy atom. The van der Waals surface area contributed by atoms with Gasteiger partial charge in [0.25, 0.3) is 0 Å². The Bertz CT molecular complexity index is 380. The highest BCUT2D eigenvalue weighted by Crippen LogP contribution is 2.31. The van der Waals surface area contributed by atoms with Crippen molar-refractivity contribution in [2.24, 2.45) is 0 Å². The number of alkyl halides is 1. The number of ether oxygens (including phenoxy) is 1. The zero-order valence-corrected chi connectivity index (χ0v) is 14.2. The highest BCUT2D eigenvalue weighted by atomic mass is 79.9. The van der Waals surface area contributed by atoms with Gasteiger partial charge in [0.15, 0.2) is 0 Å². The molecular weight excluding hydrogens is 316 g/mol. The van der Waals surface area contributed by atoms with E-state index in [0.717, 1.165) is 28.3 Å². The van der Waals surface area contributed by atoms with Crippen molar-refractivity contribution in [2.45, 2.75) is 37.3 Å². The van der Waals surface area contributed by atoms with Crippen LogP contribution in [0.5, 0.6) is 5.75 Å². The van der Waals surface area contributed by atoms with E-state index in [2.05, 4.69) is 42.9 Å². The lowest BCUT2D eigenvalue weighted by Crippen LogP contribution is -2.27. The van der Waals surface area contributed by atoms with Crippen molar-refractivity contribution in [3.63, 3.8) is 0 Å². The van der Waals surface area contributed by atoms with E-state index in [0.29, 0.717) is 0 Å². The van der Waals surface area contributed by atoms with E-state index in [1.807, 2.05) is 18.2 Å². The largest absolute Gasteiger partial charge is 0.493 e. The van der Waals surface area contributed by atoms with Gasteiger partial charge >= 0.3 is 0 Å². The van der Waals surface area contributed by atoms with Crippen LogP contribution in [-0.4, -0.2) is 15.4 Å². The lowest BCUT2D eigenvalue weighted by molar-refractivity contribution is 0.274. The average molecular weight is 335 g/mol. The minimum Gasteiger partial charge on any atom is -0.493 e. The van der Waals surface area contributed by atoms with Gasteiger partial charge in [-0.3, -0.25) is 0 Å². The van der Waals surface area contributed by atoms with Crippen LogP contribution >= 0.6 is 27.5 Å². The van der Waals surface area contributed by atoms with Gasteiger partial charge in [-0.25, -0.2) is 0 Å². The Balaban J connectivity index is 2.76. The van der Waals surface area contributed by atoms with Gasteiger partial charge in [0.2, 0.25) is 0 Å². The maximum absolute atomic E-state index is 5.96. The van der Waals surface area contributed by atoms with Crippen LogP contribution < -0.4 is 4.74 Å². The third kappa shape index (κ3) is 4.31. The van der Waals surface area contributed by atoms with Crippen molar-refractivity contribution >= 4 is 36.3 Å². The van der Waals surface area contributed by atoms with Gasteiger partial charge in [-0.15, -0.1) is 0 Å². The maximum Gasteiger partial charge on any atom is 0.123 e. The third-order valence-electron chi connectivity index (χ3n) is 3.11. The van der Waals surface area contributed by atoms with Crippen LogP contribution in [-0.2, 0) is 5.33 Å². The normalized spacial score (nSPS) is 11.9. The molecule has 1 rings (SSSR count). The summed E-state index contributed by atoms with van der Waals surface area (Å²) in [4.78, 5) is 0. The molecule has 0 N–H and O–H groups in total. The quantitative estimate of drug-likeness (QED) is 0.534. The molecule has 0 saturated carbocycles. The summed E-state index contributed by atoms with van der Waals surface area (Å²) >= 11 is 9.42. The molecule has 0 aliphatic rings. The first-order chi connectivity index (χ1) is 7.86. The summed E-state index contributed by atoms with van der Waals surface area (Å²) < 4.78 is 5.95. The molecular formula is C13H19BrClOSi. The van der Waals surface area contributed by atoms with Gasteiger partial charge in [0, 0.05) is 15.9 Å². The van der Waals surface area contributed by atoms with Gasteiger partial charge in [-0.1, -0.05) is 54.5 Å². The van der Waals surface area contributed by atoms with E-state index in [1.54, 1.807) is 0 Å². The summed E-state index contributed by atoms with van der Waals surface area (Å²) in [5.41, 5.74) is 1.11. The van der Waals surface area contributed by atoms with E-state index in [9.17, 15) is 0 Å². The van der Waals surface area contributed by atoms with Crippen molar-refractivity contribution < 1.29 is 4.74 Å². The van der Waals surface area contributed by atoms with Crippen LogP contribution in [0.25, 0.3) is 0 Å². The molecule has 0 atom stereocenters. The van der Waals surface area contributed by atoms with Crippen molar-refractivity contribution in [3.8, 4) is 5.75 Å². The van der Waals surface area contributed by atoms with Gasteiger partial charge < -0.3 is 4.74 Å². The van der Waals surface area contributed by atoms with Crippen LogP contribution in [0.3, 0.4) is 0 Å². The highest BCUT2D eigenvalue weighted by Gasteiger charge is 2.24. The lowest BCUT2D eigenvalue weighted by Gasteiger charge is -2.28. The Labute approximate surface area is 119 Å². The van der Waals surface area contributed by atoms with Gasteiger partial charge in [0.05, 0.1) is 15.4 Å². The fourth-order valence-corrected chi connectivity index (χ4v) is 2.19. The average Bonchev–Trinajstić information content (AvgIpc) is 2.27. The molecule has 0 bridgehead atoms. The predicted octanol–water partition coefficient (Wildman–Crippen LogP) is 5.15. The first kappa shape index (κ1) is 15.1. The second-order valence-electron chi connectivity index (χ2n) is 5.06. The summed E-state index contributed by atoms with van der Waals surface area (Å²) in [6.45, 7) is 9.94. The topological polar surface area (TPSA) is 9.23 Å². The smallest absolute Gasteiger partial charge is 0.123 e. The van der Waals surface area contributed by atoms with E-state index < -0.39 is 0 Å². The van der Waals surface area contributed by atoms with Crippen LogP contribution in [0.15, 0.2) is 18.2 Å². The molecule has 0 spiro atoms. The van der Waals surface area contributed by atoms with Crippen molar-refractivity contribution in [1.29, 1.82) is 0 Å². The highest BCUT2D eigenvalue weighted by molar-refractivity contribution is 9.08. The number of hydrogen-bond acceptors (Lipinski definition) is 1. The minimum atomic E-state index is -0.370. The van der Waals surface area contributed by atoms with Crippen LogP contribution in [0, 0.1) is 0 Å². The van der Waals surface area contributed by atoms with Gasteiger partial charge in [-0.05, 0) is 23.2 Å². The molecule has 1 aromatic rings. The van der Waals surface area contributed by atoms with Crippen LogP contribution in [0.1, 0.15) is 19.4 Å². The second-order valence-corrected chi connectivity index (χ2v) is 9.41. The Hall–Kier alpha value is 0.00688. The Kier molecular flexibility index (Phi) is 5.54. The van der Waals surface area contributed by atoms with Crippen molar-refractivity contribution in [2.75, 3.05) is 6.61 Å². The zero-order valence-electron chi connectivity index (χ0n) is 10.8. The molecule has 95 valence electrons. The molecule has 0 amide bonds. The molecule has 1 aromatic carbocycles. The fraction of sp³-hybridized carbons (Fsp3) is 0.538. The summed E-state index contributed by atoms with van der Waals surface area (Å²) in [6, 6.07) is 5.77. The molecule has 0 heterocycles. The molecule has 0 aliphatic heterocycles. The van der Waals surface area contributed by atoms with Gasteiger partial charge in [0.1, 0.15) is 5.75 Å². The molecule has 17 heavy (non-hydrogen) atoms. The predicted molar refractivity (Wildman–Crippen MR) is 81.1 cm³/mol. The number of halogens is 2. The molecule has 0 unspecified atom stereocenters. The summed E-state index contributed by atoms with van der Waals surface area (Å²) in [6.07, 6.45) is 0. The Morgan fingerprint density at radius 2 is 2.00 bits per heavy atom. The van der Waals surface area contributed by atoms with E-state index >= 15 is 0 Å². The zero-order chi connectivity index (χ0) is 13.1. The molecule has 4 heteroatoms. The molecule has 0 aliphatic carbocycles. The lowest BCUT2D eigenvalue weighted by atomic mass is 10.2. The van der Waals surface area contributed by atoms with E-state index in [4.69, 9.17) is 16.3 Å². The summed E-state index contributed by atoms with van der Waals surface area (Å²) in [7, 11) is -0.370. The van der Waals surface area contributed by atoms with E-state index in [-0.39, 0.29) is 13.8 Å².